The molecule has 0 fully saturated rings. The Labute approximate surface area is 191 Å². The molecule has 0 aliphatic carbocycles. The predicted octanol–water partition coefficient (Wildman–Crippen LogP) is 5.99. The predicted molar refractivity (Wildman–Crippen MR) is 124 cm³/mol. The van der Waals surface area contributed by atoms with Gasteiger partial charge in [-0.3, -0.25) is 9.88 Å². The summed E-state index contributed by atoms with van der Waals surface area (Å²) < 4.78 is 0. The fourth-order valence-electron chi connectivity index (χ4n) is 3.17. The van der Waals surface area contributed by atoms with E-state index in [0.717, 1.165) is 23.4 Å². The van der Waals surface area contributed by atoms with Crippen LogP contribution < -0.4 is 10.2 Å². The number of carbonyl (C=O) groups is 1. The molecule has 0 bridgehead atoms. The van der Waals surface area contributed by atoms with Crippen LogP contribution in [0, 0.1) is 0 Å². The van der Waals surface area contributed by atoms with Crippen LogP contribution in [-0.2, 0) is 12.8 Å². The van der Waals surface area contributed by atoms with Crippen LogP contribution in [0.2, 0.25) is 10.3 Å². The van der Waals surface area contributed by atoms with Gasteiger partial charge < -0.3 is 10.4 Å². The highest BCUT2D eigenvalue weighted by molar-refractivity contribution is 6.33. The number of halogens is 2. The van der Waals surface area contributed by atoms with Crippen LogP contribution in [0.3, 0.4) is 0 Å². The van der Waals surface area contributed by atoms with Gasteiger partial charge in [0.2, 0.25) is 5.28 Å². The number of aromatic nitrogens is 3. The van der Waals surface area contributed by atoms with Crippen molar-refractivity contribution < 1.29 is 9.90 Å². The molecule has 1 aromatic carbocycles. The third-order valence-electron chi connectivity index (χ3n) is 4.49. The molecule has 0 radical (unpaired) electrons. The van der Waals surface area contributed by atoms with Crippen molar-refractivity contribution in [3.05, 3.63) is 70.4 Å². The third-order valence-corrected chi connectivity index (χ3v) is 4.95. The first-order valence-corrected chi connectivity index (χ1v) is 10.4. The Balaban J connectivity index is 1.73. The summed E-state index contributed by atoms with van der Waals surface area (Å²) in [5, 5.41) is 13.3. The van der Waals surface area contributed by atoms with E-state index in [-0.39, 0.29) is 5.28 Å². The second kappa shape index (κ2) is 9.49. The van der Waals surface area contributed by atoms with Gasteiger partial charge in [0.15, 0.2) is 5.82 Å². The third kappa shape index (κ3) is 6.06. The lowest BCUT2D eigenvalue weighted by atomic mass is 10.0. The molecule has 2 aromatic heterocycles. The summed E-state index contributed by atoms with van der Waals surface area (Å²) in [7, 11) is 0. The molecule has 0 spiro atoms. The molecule has 0 saturated carbocycles. The molecular formula is C22H23Cl2N5O2. The highest BCUT2D eigenvalue weighted by Gasteiger charge is 2.28. The molecule has 9 heteroatoms. The molecule has 0 aliphatic rings. The summed E-state index contributed by atoms with van der Waals surface area (Å²) >= 11 is 12.0. The first kappa shape index (κ1) is 22.8. The van der Waals surface area contributed by atoms with E-state index in [1.165, 1.54) is 11.1 Å². The van der Waals surface area contributed by atoms with E-state index in [2.05, 4.69) is 20.3 Å². The molecule has 3 rings (SSSR count). The Bertz CT molecular complexity index is 1090. The van der Waals surface area contributed by atoms with Crippen molar-refractivity contribution in [2.75, 3.05) is 10.2 Å². The van der Waals surface area contributed by atoms with E-state index in [1.54, 1.807) is 12.3 Å². The van der Waals surface area contributed by atoms with Gasteiger partial charge in [-0.05, 0) is 75.0 Å². The average molecular weight is 460 g/mol. The molecule has 7 nitrogen and oxygen atoms in total. The Hall–Kier alpha value is -2.90. The Morgan fingerprint density at radius 3 is 2.61 bits per heavy atom. The van der Waals surface area contributed by atoms with Gasteiger partial charge in [0.25, 0.3) is 0 Å². The number of pyridine rings is 1. The first-order chi connectivity index (χ1) is 14.6. The van der Waals surface area contributed by atoms with Crippen molar-refractivity contribution in [1.29, 1.82) is 0 Å². The molecule has 31 heavy (non-hydrogen) atoms. The summed E-state index contributed by atoms with van der Waals surface area (Å²) in [4.78, 5) is 25.4. The van der Waals surface area contributed by atoms with Crippen LogP contribution in [0.4, 0.5) is 22.0 Å². The van der Waals surface area contributed by atoms with E-state index in [0.29, 0.717) is 22.9 Å². The summed E-state index contributed by atoms with van der Waals surface area (Å²) in [5.41, 5.74) is 2.77. The lowest BCUT2D eigenvalue weighted by Crippen LogP contribution is -2.45. The number of hydrogen-bond donors (Lipinski definition) is 2. The molecule has 0 atom stereocenters. The van der Waals surface area contributed by atoms with Crippen molar-refractivity contribution >= 4 is 46.5 Å². The molecule has 162 valence electrons. The van der Waals surface area contributed by atoms with E-state index >= 15 is 0 Å². The van der Waals surface area contributed by atoms with Crippen LogP contribution >= 0.6 is 23.2 Å². The number of hydrogen-bond acceptors (Lipinski definition) is 5. The quantitative estimate of drug-likeness (QED) is 0.439. The Morgan fingerprint density at radius 1 is 1.13 bits per heavy atom. The highest BCUT2D eigenvalue weighted by Crippen LogP contribution is 2.26. The van der Waals surface area contributed by atoms with Gasteiger partial charge in [-0.25, -0.2) is 9.78 Å². The SMILES string of the molecule is CC(C)(C)N(C(=O)O)c1ccnc(CCc2cccc(Nc3nc(Cl)ncc3Cl)c2)c1. The first-order valence-electron chi connectivity index (χ1n) is 9.65. The van der Waals surface area contributed by atoms with Crippen LogP contribution in [0.1, 0.15) is 32.0 Å². The van der Waals surface area contributed by atoms with Crippen molar-refractivity contribution in [2.24, 2.45) is 0 Å². The van der Waals surface area contributed by atoms with Gasteiger partial charge in [-0.15, -0.1) is 0 Å². The number of aryl methyl sites for hydroxylation is 2. The van der Waals surface area contributed by atoms with Crippen LogP contribution in [0.15, 0.2) is 48.8 Å². The zero-order valence-electron chi connectivity index (χ0n) is 17.4. The maximum atomic E-state index is 11.7. The number of benzene rings is 1. The van der Waals surface area contributed by atoms with E-state index in [1.807, 2.05) is 51.1 Å². The second-order valence-electron chi connectivity index (χ2n) is 7.96. The van der Waals surface area contributed by atoms with Crippen LogP contribution in [0.5, 0.6) is 0 Å². The monoisotopic (exact) mass is 459 g/mol. The van der Waals surface area contributed by atoms with Gasteiger partial charge in [-0.2, -0.15) is 4.98 Å². The van der Waals surface area contributed by atoms with E-state index in [9.17, 15) is 9.90 Å². The van der Waals surface area contributed by atoms with Crippen LogP contribution in [-0.4, -0.2) is 31.7 Å². The van der Waals surface area contributed by atoms with Gasteiger partial charge in [-0.1, -0.05) is 23.7 Å². The second-order valence-corrected chi connectivity index (χ2v) is 8.70. The minimum atomic E-state index is -0.994. The van der Waals surface area contributed by atoms with Crippen molar-refractivity contribution in [3.8, 4) is 0 Å². The van der Waals surface area contributed by atoms with Gasteiger partial charge in [0.05, 0.1) is 11.9 Å². The largest absolute Gasteiger partial charge is 0.465 e. The topological polar surface area (TPSA) is 91.2 Å². The summed E-state index contributed by atoms with van der Waals surface area (Å²) in [5.74, 6) is 0.434. The molecule has 2 heterocycles. The molecule has 0 unspecified atom stereocenters. The number of nitrogens with one attached hydrogen (secondary N) is 1. The smallest absolute Gasteiger partial charge is 0.412 e. The zero-order valence-corrected chi connectivity index (χ0v) is 18.9. The van der Waals surface area contributed by atoms with Crippen LogP contribution in [0.25, 0.3) is 0 Å². The Morgan fingerprint density at radius 2 is 1.90 bits per heavy atom. The van der Waals surface area contributed by atoms with Gasteiger partial charge in [0, 0.05) is 23.1 Å². The van der Waals surface area contributed by atoms with Crippen molar-refractivity contribution in [1.82, 2.24) is 15.0 Å². The van der Waals surface area contributed by atoms with Crippen molar-refractivity contribution in [2.45, 2.75) is 39.2 Å². The number of nitrogens with zero attached hydrogens (tertiary/aromatic N) is 4. The normalized spacial score (nSPS) is 11.3. The Kier molecular flexibility index (Phi) is 6.97. The molecular weight excluding hydrogens is 437 g/mol. The maximum Gasteiger partial charge on any atom is 0.412 e. The fraction of sp³-hybridized carbons (Fsp3) is 0.273. The standard InChI is InChI=1S/C22H23Cl2N5O2/c1-22(2,3)29(21(30)31)17-9-10-25-15(12-17)8-7-14-5-4-6-16(11-14)27-19-18(23)13-26-20(24)28-19/h4-6,9-13H,7-8H2,1-3H3,(H,30,31)(H,26,27,28). The maximum absolute atomic E-state index is 11.7. The number of rotatable bonds is 6. The summed E-state index contributed by atoms with van der Waals surface area (Å²) in [6, 6.07) is 11.4. The minimum absolute atomic E-state index is 0.111. The van der Waals surface area contributed by atoms with E-state index < -0.39 is 11.6 Å². The molecule has 0 aliphatic heterocycles. The molecule has 1 amide bonds. The average Bonchev–Trinajstić information content (AvgIpc) is 2.68. The van der Waals surface area contributed by atoms with Gasteiger partial charge in [0.1, 0.15) is 5.02 Å². The molecule has 0 saturated heterocycles. The van der Waals surface area contributed by atoms with E-state index in [4.69, 9.17) is 23.2 Å². The fourth-order valence-corrected chi connectivity index (χ4v) is 3.44. The summed E-state index contributed by atoms with van der Waals surface area (Å²) in [6.45, 7) is 5.57. The lowest BCUT2D eigenvalue weighted by Gasteiger charge is -2.33. The molecule has 2 N–H and O–H groups in total. The van der Waals surface area contributed by atoms with Gasteiger partial charge >= 0.3 is 6.09 Å². The number of amides is 1. The minimum Gasteiger partial charge on any atom is -0.465 e. The lowest BCUT2D eigenvalue weighted by molar-refractivity contribution is 0.195. The van der Waals surface area contributed by atoms with Crippen molar-refractivity contribution in [3.63, 3.8) is 0 Å². The number of carboxylic acid groups (broad SMARTS) is 1. The highest BCUT2D eigenvalue weighted by atomic mass is 35.5. The number of anilines is 3. The summed E-state index contributed by atoms with van der Waals surface area (Å²) in [6.07, 6.45) is 3.49. The zero-order chi connectivity index (χ0) is 22.6. The molecule has 3 aromatic rings.